The fourth-order valence-electron chi connectivity index (χ4n) is 4.24. The molecule has 0 saturated carbocycles. The van der Waals surface area contributed by atoms with Gasteiger partial charge in [-0.2, -0.15) is 5.10 Å². The lowest BCUT2D eigenvalue weighted by molar-refractivity contribution is 0.104. The van der Waals surface area contributed by atoms with E-state index in [1.807, 2.05) is 6.20 Å². The molecule has 116 valence electrons. The third kappa shape index (κ3) is 2.86. The van der Waals surface area contributed by atoms with E-state index in [1.54, 1.807) is 0 Å². The Bertz CT molecular complexity index is 610. The summed E-state index contributed by atoms with van der Waals surface area (Å²) >= 11 is 3.51. The Morgan fingerprint density at radius 1 is 1.05 bits per heavy atom. The summed E-state index contributed by atoms with van der Waals surface area (Å²) in [7, 11) is 0. The topological polar surface area (TPSA) is 21.1 Å². The molecule has 2 aliphatic heterocycles. The van der Waals surface area contributed by atoms with Gasteiger partial charge in [-0.25, -0.2) is 0 Å². The molecular formula is C18H22BrN3. The van der Waals surface area contributed by atoms with Crippen molar-refractivity contribution in [2.24, 2.45) is 0 Å². The van der Waals surface area contributed by atoms with Crippen LogP contribution in [0.2, 0.25) is 0 Å². The van der Waals surface area contributed by atoms with Gasteiger partial charge in [0.1, 0.15) is 0 Å². The number of hydrogen-bond donors (Lipinski definition) is 0. The Morgan fingerprint density at radius 3 is 2.41 bits per heavy atom. The van der Waals surface area contributed by atoms with E-state index >= 15 is 0 Å². The molecule has 2 saturated heterocycles. The SMILES string of the molecule is Brc1cnn(C2CC3CCC(C2)N3CCc2ccccc2)c1. The Morgan fingerprint density at radius 2 is 1.77 bits per heavy atom. The molecule has 2 unspecified atom stereocenters. The molecule has 0 aliphatic carbocycles. The largest absolute Gasteiger partial charge is 0.297 e. The first-order valence-corrected chi connectivity index (χ1v) is 9.08. The first-order valence-electron chi connectivity index (χ1n) is 8.29. The zero-order valence-corrected chi connectivity index (χ0v) is 14.3. The van der Waals surface area contributed by atoms with Crippen LogP contribution in [-0.2, 0) is 6.42 Å². The molecule has 4 rings (SSSR count). The smallest absolute Gasteiger partial charge is 0.0632 e. The van der Waals surface area contributed by atoms with Crippen LogP contribution in [0.4, 0.5) is 0 Å². The molecule has 0 N–H and O–H groups in total. The molecule has 2 fully saturated rings. The predicted octanol–water partition coefficient (Wildman–Crippen LogP) is 4.06. The normalized spacial score (nSPS) is 28.1. The van der Waals surface area contributed by atoms with Gasteiger partial charge in [-0.3, -0.25) is 9.58 Å². The minimum absolute atomic E-state index is 0.580. The summed E-state index contributed by atoms with van der Waals surface area (Å²) in [6.45, 7) is 1.20. The van der Waals surface area contributed by atoms with Crippen molar-refractivity contribution in [3.05, 3.63) is 52.8 Å². The van der Waals surface area contributed by atoms with Crippen LogP contribution in [-0.4, -0.2) is 33.3 Å². The van der Waals surface area contributed by atoms with Gasteiger partial charge in [-0.1, -0.05) is 30.3 Å². The second kappa shape index (κ2) is 6.17. The molecular weight excluding hydrogens is 338 g/mol. The summed E-state index contributed by atoms with van der Waals surface area (Å²) in [6, 6.07) is 13.0. The lowest BCUT2D eigenvalue weighted by atomic mass is 9.97. The fourth-order valence-corrected chi connectivity index (χ4v) is 4.55. The summed E-state index contributed by atoms with van der Waals surface area (Å²) in [4.78, 5) is 2.77. The van der Waals surface area contributed by atoms with E-state index in [0.29, 0.717) is 6.04 Å². The number of piperidine rings is 1. The third-order valence-electron chi connectivity index (χ3n) is 5.31. The van der Waals surface area contributed by atoms with E-state index in [4.69, 9.17) is 0 Å². The van der Waals surface area contributed by atoms with Gasteiger partial charge in [0.05, 0.1) is 16.7 Å². The standard InChI is InChI=1S/C18H22BrN3/c19-15-12-20-22(13-15)18-10-16-6-7-17(11-18)21(16)9-8-14-4-2-1-3-5-14/h1-5,12-13,16-18H,6-11H2. The number of nitrogens with zero attached hydrogens (tertiary/aromatic N) is 3. The van der Waals surface area contributed by atoms with Gasteiger partial charge in [-0.05, 0) is 53.6 Å². The van der Waals surface area contributed by atoms with Gasteiger partial charge in [0.2, 0.25) is 0 Å². The maximum atomic E-state index is 4.51. The highest BCUT2D eigenvalue weighted by Gasteiger charge is 2.40. The van der Waals surface area contributed by atoms with Gasteiger partial charge in [0.25, 0.3) is 0 Å². The van der Waals surface area contributed by atoms with Crippen LogP contribution in [0.5, 0.6) is 0 Å². The van der Waals surface area contributed by atoms with E-state index in [-0.39, 0.29) is 0 Å². The van der Waals surface area contributed by atoms with Crippen LogP contribution in [0.15, 0.2) is 47.2 Å². The molecule has 3 heterocycles. The van der Waals surface area contributed by atoms with Gasteiger partial charge in [0.15, 0.2) is 0 Å². The van der Waals surface area contributed by atoms with Crippen LogP contribution in [0.25, 0.3) is 0 Å². The fraction of sp³-hybridized carbons (Fsp3) is 0.500. The van der Waals surface area contributed by atoms with Crippen LogP contribution < -0.4 is 0 Å². The van der Waals surface area contributed by atoms with Gasteiger partial charge in [0, 0.05) is 24.8 Å². The van der Waals surface area contributed by atoms with E-state index in [9.17, 15) is 0 Å². The second-order valence-electron chi connectivity index (χ2n) is 6.62. The maximum Gasteiger partial charge on any atom is 0.0632 e. The van der Waals surface area contributed by atoms with E-state index in [2.05, 4.69) is 67.1 Å². The van der Waals surface area contributed by atoms with Gasteiger partial charge in [-0.15, -0.1) is 0 Å². The monoisotopic (exact) mass is 359 g/mol. The molecule has 2 aliphatic rings. The zero-order chi connectivity index (χ0) is 14.9. The zero-order valence-electron chi connectivity index (χ0n) is 12.7. The van der Waals surface area contributed by atoms with E-state index in [0.717, 1.165) is 16.6 Å². The van der Waals surface area contributed by atoms with Crippen molar-refractivity contribution in [1.29, 1.82) is 0 Å². The summed E-state index contributed by atoms with van der Waals surface area (Å²) < 4.78 is 3.26. The van der Waals surface area contributed by atoms with Crippen LogP contribution in [0.3, 0.4) is 0 Å². The Labute approximate surface area is 140 Å². The minimum atomic E-state index is 0.580. The molecule has 0 spiro atoms. The van der Waals surface area contributed by atoms with Gasteiger partial charge >= 0.3 is 0 Å². The Kier molecular flexibility index (Phi) is 4.05. The third-order valence-corrected chi connectivity index (χ3v) is 5.71. The molecule has 2 aromatic rings. The molecule has 0 amide bonds. The predicted molar refractivity (Wildman–Crippen MR) is 91.9 cm³/mol. The minimum Gasteiger partial charge on any atom is -0.297 e. The van der Waals surface area contributed by atoms with Crippen molar-refractivity contribution < 1.29 is 0 Å². The van der Waals surface area contributed by atoms with Crippen molar-refractivity contribution in [1.82, 2.24) is 14.7 Å². The van der Waals surface area contributed by atoms with Crippen molar-refractivity contribution >= 4 is 15.9 Å². The highest BCUT2D eigenvalue weighted by molar-refractivity contribution is 9.10. The average molecular weight is 360 g/mol. The van der Waals surface area contributed by atoms with Crippen molar-refractivity contribution in [2.75, 3.05) is 6.54 Å². The first-order chi connectivity index (χ1) is 10.8. The number of hydrogen-bond acceptors (Lipinski definition) is 2. The van der Waals surface area contributed by atoms with Crippen LogP contribution in [0, 0.1) is 0 Å². The summed E-state index contributed by atoms with van der Waals surface area (Å²) in [6.07, 6.45) is 10.4. The average Bonchev–Trinajstić information content (AvgIpc) is 3.07. The molecule has 2 atom stereocenters. The Balaban J connectivity index is 1.40. The first kappa shape index (κ1) is 14.5. The van der Waals surface area contributed by atoms with Crippen molar-refractivity contribution in [3.8, 4) is 0 Å². The van der Waals surface area contributed by atoms with Crippen LogP contribution >= 0.6 is 15.9 Å². The molecule has 22 heavy (non-hydrogen) atoms. The highest BCUT2D eigenvalue weighted by atomic mass is 79.9. The lowest BCUT2D eigenvalue weighted by Crippen LogP contribution is -2.44. The second-order valence-corrected chi connectivity index (χ2v) is 7.54. The molecule has 1 aromatic heterocycles. The van der Waals surface area contributed by atoms with E-state index in [1.165, 1.54) is 44.2 Å². The molecule has 0 radical (unpaired) electrons. The number of halogens is 1. The maximum absolute atomic E-state index is 4.51. The lowest BCUT2D eigenvalue weighted by Gasteiger charge is -2.39. The van der Waals surface area contributed by atoms with Crippen LogP contribution in [0.1, 0.15) is 37.3 Å². The Hall–Kier alpha value is -1.13. The number of rotatable bonds is 4. The molecule has 3 nitrogen and oxygen atoms in total. The number of benzene rings is 1. The molecule has 2 bridgehead atoms. The van der Waals surface area contributed by atoms with Crippen molar-refractivity contribution in [2.45, 2.75) is 50.2 Å². The molecule has 4 heteroatoms. The quantitative estimate of drug-likeness (QED) is 0.820. The molecule has 1 aromatic carbocycles. The number of aromatic nitrogens is 2. The number of fused-ring (bicyclic) bond motifs is 2. The van der Waals surface area contributed by atoms with Crippen molar-refractivity contribution in [3.63, 3.8) is 0 Å². The highest BCUT2D eigenvalue weighted by Crippen LogP contribution is 2.40. The summed E-state index contributed by atoms with van der Waals surface area (Å²) in [5, 5.41) is 4.51. The summed E-state index contributed by atoms with van der Waals surface area (Å²) in [5.74, 6) is 0. The van der Waals surface area contributed by atoms with E-state index < -0.39 is 0 Å². The van der Waals surface area contributed by atoms with Gasteiger partial charge < -0.3 is 0 Å². The summed E-state index contributed by atoms with van der Waals surface area (Å²) in [5.41, 5.74) is 1.46.